The lowest BCUT2D eigenvalue weighted by Gasteiger charge is -2.06. The lowest BCUT2D eigenvalue weighted by molar-refractivity contribution is 0.210. The van der Waals surface area contributed by atoms with Gasteiger partial charge in [-0.3, -0.25) is 10.3 Å². The van der Waals surface area contributed by atoms with Crippen LogP contribution in [0.2, 0.25) is 0 Å². The molecule has 0 bridgehead atoms. The first-order valence-corrected chi connectivity index (χ1v) is 8.00. The van der Waals surface area contributed by atoms with Gasteiger partial charge in [0.05, 0.1) is 22.0 Å². The molecule has 0 aliphatic rings. The van der Waals surface area contributed by atoms with Gasteiger partial charge in [-0.1, -0.05) is 30.3 Å². The Labute approximate surface area is 138 Å². The lowest BCUT2D eigenvalue weighted by Crippen LogP contribution is -2.07. The molecule has 0 spiro atoms. The van der Waals surface area contributed by atoms with Gasteiger partial charge in [0.15, 0.2) is 0 Å². The number of rotatable bonds is 3. The summed E-state index contributed by atoms with van der Waals surface area (Å²) in [5.74, 6) is 0. The molecule has 0 fully saturated rings. The molecule has 0 aliphatic heterocycles. The third kappa shape index (κ3) is 3.10. The van der Waals surface area contributed by atoms with E-state index in [0.29, 0.717) is 11.4 Å². The quantitative estimate of drug-likeness (QED) is 0.630. The fraction of sp³-hybridized carbons (Fsp3) is 0.111. The third-order valence-electron chi connectivity index (χ3n) is 3.61. The summed E-state index contributed by atoms with van der Waals surface area (Å²) >= 11 is 1.70. The van der Waals surface area contributed by atoms with Crippen molar-refractivity contribution in [1.29, 1.82) is 0 Å². The predicted molar refractivity (Wildman–Crippen MR) is 96.5 cm³/mol. The van der Waals surface area contributed by atoms with Gasteiger partial charge in [0.1, 0.15) is 0 Å². The van der Waals surface area contributed by atoms with Crippen LogP contribution in [0.1, 0.15) is 17.4 Å². The normalized spacial score (nSPS) is 11.7. The predicted octanol–water partition coefficient (Wildman–Crippen LogP) is 5.44. The van der Waals surface area contributed by atoms with Crippen molar-refractivity contribution < 1.29 is 9.90 Å². The third-order valence-corrected chi connectivity index (χ3v) is 4.99. The second kappa shape index (κ2) is 6.22. The topological polar surface area (TPSA) is 61.7 Å². The fourth-order valence-corrected chi connectivity index (χ4v) is 3.70. The van der Waals surface area contributed by atoms with E-state index >= 15 is 0 Å². The van der Waals surface area contributed by atoms with Crippen molar-refractivity contribution in [2.24, 2.45) is 4.99 Å². The number of hydrogen-bond donors (Lipinski definition) is 2. The van der Waals surface area contributed by atoms with Gasteiger partial charge in [-0.15, -0.1) is 11.3 Å². The number of anilines is 1. The second-order valence-corrected chi connectivity index (χ2v) is 6.25. The Morgan fingerprint density at radius 3 is 2.57 bits per heavy atom. The number of para-hydroxylation sites is 2. The van der Waals surface area contributed by atoms with Crippen LogP contribution in [0.5, 0.6) is 0 Å². The number of aliphatic imine (C=N–C) groups is 1. The van der Waals surface area contributed by atoms with Crippen LogP contribution in [0.25, 0.3) is 10.1 Å². The Hall–Kier alpha value is -2.66. The van der Waals surface area contributed by atoms with Crippen LogP contribution in [0.15, 0.2) is 53.5 Å². The summed E-state index contributed by atoms with van der Waals surface area (Å²) in [5.41, 5.74) is 3.18. The average molecular weight is 324 g/mol. The molecule has 0 aliphatic carbocycles. The minimum Gasteiger partial charge on any atom is -0.465 e. The number of carboxylic acid groups (broad SMARTS) is 1. The van der Waals surface area contributed by atoms with Gasteiger partial charge in [0.25, 0.3) is 0 Å². The highest BCUT2D eigenvalue weighted by atomic mass is 32.1. The maximum Gasteiger partial charge on any atom is 0.409 e. The van der Waals surface area contributed by atoms with E-state index in [2.05, 4.69) is 29.4 Å². The molecule has 2 aromatic carbocycles. The zero-order valence-electron chi connectivity index (χ0n) is 12.8. The van der Waals surface area contributed by atoms with Crippen molar-refractivity contribution in [3.63, 3.8) is 0 Å². The molecule has 0 saturated carbocycles. The zero-order valence-corrected chi connectivity index (χ0v) is 13.6. The smallest absolute Gasteiger partial charge is 0.409 e. The van der Waals surface area contributed by atoms with Crippen molar-refractivity contribution in [3.05, 3.63) is 59.0 Å². The molecule has 0 radical (unpaired) electrons. The molecule has 0 unspecified atom stereocenters. The van der Waals surface area contributed by atoms with Crippen molar-refractivity contribution >= 4 is 44.6 Å². The molecule has 3 aromatic rings. The lowest BCUT2D eigenvalue weighted by atomic mass is 10.1. The largest absolute Gasteiger partial charge is 0.465 e. The molecular weight excluding hydrogens is 308 g/mol. The van der Waals surface area contributed by atoms with Crippen LogP contribution in [-0.2, 0) is 0 Å². The number of fused-ring (bicyclic) bond motifs is 1. The molecule has 2 N–H and O–H groups in total. The average Bonchev–Trinajstić information content (AvgIpc) is 2.86. The fourth-order valence-electron chi connectivity index (χ4n) is 2.54. The van der Waals surface area contributed by atoms with Gasteiger partial charge in [0, 0.05) is 4.70 Å². The molecule has 3 rings (SSSR count). The van der Waals surface area contributed by atoms with Crippen molar-refractivity contribution in [3.8, 4) is 0 Å². The number of benzene rings is 2. The highest BCUT2D eigenvalue weighted by Gasteiger charge is 2.11. The van der Waals surface area contributed by atoms with Crippen LogP contribution in [0, 0.1) is 6.92 Å². The Bertz CT molecular complexity index is 912. The first-order chi connectivity index (χ1) is 11.1. The summed E-state index contributed by atoms with van der Waals surface area (Å²) in [7, 11) is 0. The molecule has 1 heterocycles. The van der Waals surface area contributed by atoms with Crippen LogP contribution < -0.4 is 5.32 Å². The van der Waals surface area contributed by atoms with Gasteiger partial charge in [-0.25, -0.2) is 4.79 Å². The van der Waals surface area contributed by atoms with E-state index in [-0.39, 0.29) is 0 Å². The maximum absolute atomic E-state index is 10.9. The van der Waals surface area contributed by atoms with Gasteiger partial charge in [-0.2, -0.15) is 0 Å². The van der Waals surface area contributed by atoms with E-state index in [9.17, 15) is 4.79 Å². The highest BCUT2D eigenvalue weighted by Crippen LogP contribution is 2.32. The Morgan fingerprint density at radius 2 is 1.83 bits per heavy atom. The number of nitrogens with one attached hydrogen (secondary N) is 1. The van der Waals surface area contributed by atoms with E-state index in [1.54, 1.807) is 29.5 Å². The number of aryl methyl sites for hydroxylation is 1. The number of amides is 1. The molecular formula is C18H16N2O2S. The van der Waals surface area contributed by atoms with Gasteiger partial charge in [0.2, 0.25) is 0 Å². The summed E-state index contributed by atoms with van der Waals surface area (Å²) in [5, 5.41) is 12.5. The molecule has 1 aromatic heterocycles. The van der Waals surface area contributed by atoms with Crippen LogP contribution in [0.3, 0.4) is 0 Å². The van der Waals surface area contributed by atoms with E-state index < -0.39 is 6.09 Å². The standard InChI is InChI=1S/C18H16N2O2S/c1-11-13-7-3-6-10-16(13)23-17(11)12(2)19-14-8-4-5-9-15(14)20-18(21)22/h3-10,20H,1-2H3,(H,21,22). The molecule has 0 atom stereocenters. The number of carbonyl (C=O) groups is 1. The molecule has 1 amide bonds. The Morgan fingerprint density at radius 1 is 1.13 bits per heavy atom. The second-order valence-electron chi connectivity index (χ2n) is 5.20. The number of thiophene rings is 1. The summed E-state index contributed by atoms with van der Waals surface area (Å²) < 4.78 is 1.23. The summed E-state index contributed by atoms with van der Waals surface area (Å²) in [6.45, 7) is 4.05. The number of nitrogens with zero attached hydrogens (tertiary/aromatic N) is 1. The van der Waals surface area contributed by atoms with Crippen molar-refractivity contribution in [2.75, 3.05) is 5.32 Å². The molecule has 23 heavy (non-hydrogen) atoms. The van der Waals surface area contributed by atoms with E-state index in [4.69, 9.17) is 5.11 Å². The van der Waals surface area contributed by atoms with E-state index in [0.717, 1.165) is 10.6 Å². The van der Waals surface area contributed by atoms with Crippen LogP contribution >= 0.6 is 11.3 Å². The molecule has 0 saturated heterocycles. The number of hydrogen-bond acceptors (Lipinski definition) is 3. The SMILES string of the molecule is CC(=Nc1ccccc1NC(=O)O)c1sc2ccccc2c1C. The highest BCUT2D eigenvalue weighted by molar-refractivity contribution is 7.21. The Balaban J connectivity index is 2.05. The van der Waals surface area contributed by atoms with E-state index in [1.807, 2.05) is 25.1 Å². The van der Waals surface area contributed by atoms with Crippen LogP contribution in [0.4, 0.5) is 16.2 Å². The molecule has 116 valence electrons. The van der Waals surface area contributed by atoms with Crippen molar-refractivity contribution in [1.82, 2.24) is 0 Å². The first-order valence-electron chi connectivity index (χ1n) is 7.19. The minimum absolute atomic E-state index is 0.484. The minimum atomic E-state index is -1.09. The first kappa shape index (κ1) is 15.2. The summed E-state index contributed by atoms with van der Waals surface area (Å²) in [6, 6.07) is 15.4. The van der Waals surface area contributed by atoms with Gasteiger partial charge < -0.3 is 5.11 Å². The van der Waals surface area contributed by atoms with Crippen LogP contribution in [-0.4, -0.2) is 16.9 Å². The summed E-state index contributed by atoms with van der Waals surface area (Å²) in [4.78, 5) is 16.7. The van der Waals surface area contributed by atoms with Crippen molar-refractivity contribution in [2.45, 2.75) is 13.8 Å². The van der Waals surface area contributed by atoms with Gasteiger partial charge in [-0.05, 0) is 43.0 Å². The van der Waals surface area contributed by atoms with E-state index in [1.165, 1.54) is 15.6 Å². The zero-order chi connectivity index (χ0) is 16.4. The summed E-state index contributed by atoms with van der Waals surface area (Å²) in [6.07, 6.45) is -1.09. The maximum atomic E-state index is 10.9. The monoisotopic (exact) mass is 324 g/mol. The molecule has 5 heteroatoms. The van der Waals surface area contributed by atoms with Gasteiger partial charge >= 0.3 is 6.09 Å². The Kier molecular flexibility index (Phi) is 4.12. The molecule has 4 nitrogen and oxygen atoms in total.